The molecule has 4 aliphatic rings. The quantitative estimate of drug-likeness (QED) is 0.458. The standard InChI is InChI=1S/C12H19Cl3Si/c1-11(2)10-4-8-3-9(5-10)7-12(11,6-8)16(13,14)15/h8-10H,3-7H2,1-2H3. The molecule has 4 heteroatoms. The van der Waals surface area contributed by atoms with Crippen molar-refractivity contribution in [3.63, 3.8) is 0 Å². The lowest BCUT2D eigenvalue weighted by Crippen LogP contribution is -2.59. The zero-order chi connectivity index (χ0) is 11.8. The monoisotopic (exact) mass is 296 g/mol. The smallest absolute Gasteiger partial charge is 0.125 e. The van der Waals surface area contributed by atoms with Gasteiger partial charge in [0.15, 0.2) is 0 Å². The van der Waals surface area contributed by atoms with E-state index in [0.717, 1.165) is 17.8 Å². The van der Waals surface area contributed by atoms with Crippen molar-refractivity contribution >= 4 is 39.2 Å². The number of hydrogen-bond acceptors (Lipinski definition) is 0. The van der Waals surface area contributed by atoms with Gasteiger partial charge in [0.25, 0.3) is 0 Å². The van der Waals surface area contributed by atoms with Crippen LogP contribution in [-0.4, -0.2) is 6.00 Å². The van der Waals surface area contributed by atoms with E-state index >= 15 is 0 Å². The molecular weight excluding hydrogens is 279 g/mol. The van der Waals surface area contributed by atoms with Gasteiger partial charge in [0.2, 0.25) is 0 Å². The molecule has 0 nitrogen and oxygen atoms in total. The van der Waals surface area contributed by atoms with Gasteiger partial charge in [-0.1, -0.05) is 13.8 Å². The van der Waals surface area contributed by atoms with E-state index in [1.165, 1.54) is 32.1 Å². The van der Waals surface area contributed by atoms with Gasteiger partial charge < -0.3 is 0 Å². The molecule has 4 bridgehead atoms. The fraction of sp³-hybridized carbons (Fsp3) is 1.00. The molecule has 0 saturated heterocycles. The predicted molar refractivity (Wildman–Crippen MR) is 73.3 cm³/mol. The highest BCUT2D eigenvalue weighted by molar-refractivity contribution is 7.65. The second kappa shape index (κ2) is 3.34. The number of hydrogen-bond donors (Lipinski definition) is 0. The molecule has 4 rings (SSSR count). The van der Waals surface area contributed by atoms with Crippen molar-refractivity contribution in [1.82, 2.24) is 0 Å². The molecule has 4 saturated carbocycles. The SMILES string of the molecule is CC1(C)C2CC3CC(C2)CC1([Si](Cl)(Cl)Cl)C3. The van der Waals surface area contributed by atoms with Crippen LogP contribution in [0, 0.1) is 23.2 Å². The summed E-state index contributed by atoms with van der Waals surface area (Å²) in [6.45, 7) is 4.73. The van der Waals surface area contributed by atoms with Gasteiger partial charge in [-0.2, -0.15) is 0 Å². The lowest BCUT2D eigenvalue weighted by Gasteiger charge is -2.67. The van der Waals surface area contributed by atoms with E-state index in [0.29, 0.717) is 0 Å². The van der Waals surface area contributed by atoms with Crippen LogP contribution in [0.15, 0.2) is 0 Å². The zero-order valence-electron chi connectivity index (χ0n) is 9.90. The Bertz CT molecular complexity index is 307. The Morgan fingerprint density at radius 1 is 0.938 bits per heavy atom. The van der Waals surface area contributed by atoms with Crippen molar-refractivity contribution in [2.45, 2.75) is 51.0 Å². The molecule has 4 fully saturated rings. The molecule has 0 aromatic rings. The van der Waals surface area contributed by atoms with Crippen LogP contribution < -0.4 is 0 Å². The lowest BCUT2D eigenvalue weighted by atomic mass is 9.46. The molecule has 0 heterocycles. The van der Waals surface area contributed by atoms with Crippen LogP contribution in [0.5, 0.6) is 0 Å². The van der Waals surface area contributed by atoms with Gasteiger partial charge in [0, 0.05) is 5.04 Å². The third-order valence-corrected chi connectivity index (χ3v) is 11.4. The second-order valence-electron chi connectivity index (χ2n) is 6.85. The highest BCUT2D eigenvalue weighted by atomic mass is 35.8. The molecule has 92 valence electrons. The molecule has 0 amide bonds. The minimum absolute atomic E-state index is 0.0689. The lowest BCUT2D eigenvalue weighted by molar-refractivity contribution is -0.0778. The molecule has 2 atom stereocenters. The molecule has 0 aliphatic heterocycles. The van der Waals surface area contributed by atoms with Crippen molar-refractivity contribution in [2.75, 3.05) is 0 Å². The maximum Gasteiger partial charge on any atom is 0.347 e. The van der Waals surface area contributed by atoms with Crippen LogP contribution >= 0.6 is 33.2 Å². The number of rotatable bonds is 1. The Morgan fingerprint density at radius 2 is 1.44 bits per heavy atom. The minimum atomic E-state index is -2.63. The zero-order valence-corrected chi connectivity index (χ0v) is 13.2. The van der Waals surface area contributed by atoms with E-state index in [2.05, 4.69) is 13.8 Å². The second-order valence-corrected chi connectivity index (χ2v) is 15.6. The van der Waals surface area contributed by atoms with Gasteiger partial charge in [-0.05, 0) is 55.3 Å². The van der Waals surface area contributed by atoms with Crippen LogP contribution in [0.4, 0.5) is 0 Å². The van der Waals surface area contributed by atoms with Crippen molar-refractivity contribution in [3.8, 4) is 0 Å². The predicted octanol–water partition coefficient (Wildman–Crippen LogP) is 5.25. The van der Waals surface area contributed by atoms with Crippen LogP contribution in [0.25, 0.3) is 0 Å². The van der Waals surface area contributed by atoms with Crippen molar-refractivity contribution in [2.24, 2.45) is 23.2 Å². The Kier molecular flexibility index (Phi) is 2.54. The summed E-state index contributed by atoms with van der Waals surface area (Å²) in [6.07, 6.45) is 6.57. The molecule has 0 spiro atoms. The first-order valence-electron chi connectivity index (χ1n) is 6.33. The Balaban J connectivity index is 2.09. The summed E-state index contributed by atoms with van der Waals surface area (Å²) in [7, 11) is 0. The average Bonchev–Trinajstić information content (AvgIpc) is 2.11. The number of halogens is 3. The fourth-order valence-electron chi connectivity index (χ4n) is 5.07. The van der Waals surface area contributed by atoms with E-state index in [1.54, 1.807) is 0 Å². The first-order chi connectivity index (χ1) is 7.26. The summed E-state index contributed by atoms with van der Waals surface area (Å²) in [6, 6.07) is -2.63. The molecule has 4 aliphatic carbocycles. The molecular formula is C12H19Cl3Si. The highest BCUT2D eigenvalue weighted by Gasteiger charge is 2.69. The molecule has 0 aromatic heterocycles. The molecule has 0 radical (unpaired) electrons. The normalized spacial score (nSPS) is 49.7. The maximum absolute atomic E-state index is 6.51. The van der Waals surface area contributed by atoms with Gasteiger partial charge in [-0.25, -0.2) is 0 Å². The third-order valence-electron chi connectivity index (χ3n) is 5.97. The first-order valence-corrected chi connectivity index (χ1v) is 11.4. The Morgan fingerprint density at radius 3 is 1.88 bits per heavy atom. The van der Waals surface area contributed by atoms with Crippen molar-refractivity contribution < 1.29 is 0 Å². The molecule has 2 unspecified atom stereocenters. The minimum Gasteiger partial charge on any atom is -0.125 e. The summed E-state index contributed by atoms with van der Waals surface area (Å²) in [5, 5.41) is 0.0689. The van der Waals surface area contributed by atoms with Gasteiger partial charge >= 0.3 is 6.00 Å². The van der Waals surface area contributed by atoms with E-state index in [-0.39, 0.29) is 10.5 Å². The first kappa shape index (κ1) is 12.1. The summed E-state index contributed by atoms with van der Waals surface area (Å²) in [4.78, 5) is 0. The van der Waals surface area contributed by atoms with Crippen LogP contribution in [0.2, 0.25) is 5.04 Å². The van der Waals surface area contributed by atoms with E-state index < -0.39 is 6.00 Å². The molecule has 16 heavy (non-hydrogen) atoms. The van der Waals surface area contributed by atoms with Crippen LogP contribution in [0.1, 0.15) is 46.0 Å². The van der Waals surface area contributed by atoms with Gasteiger partial charge in [-0.15, -0.1) is 33.2 Å². The van der Waals surface area contributed by atoms with E-state index in [1.807, 2.05) is 0 Å². The van der Waals surface area contributed by atoms with E-state index in [9.17, 15) is 0 Å². The summed E-state index contributed by atoms with van der Waals surface area (Å²) >= 11 is 19.5. The molecule has 0 aromatic carbocycles. The molecule has 0 N–H and O–H groups in total. The van der Waals surface area contributed by atoms with Gasteiger partial charge in [0.1, 0.15) is 0 Å². The summed E-state index contributed by atoms with van der Waals surface area (Å²) < 4.78 is 0. The Labute approximate surface area is 113 Å². The summed E-state index contributed by atoms with van der Waals surface area (Å²) in [5.41, 5.74) is 0.248. The van der Waals surface area contributed by atoms with Crippen molar-refractivity contribution in [1.29, 1.82) is 0 Å². The largest absolute Gasteiger partial charge is 0.347 e. The van der Waals surface area contributed by atoms with Gasteiger partial charge in [-0.3, -0.25) is 0 Å². The fourth-order valence-corrected chi connectivity index (χ4v) is 10.6. The maximum atomic E-state index is 6.51. The van der Waals surface area contributed by atoms with Crippen LogP contribution in [0.3, 0.4) is 0 Å². The highest BCUT2D eigenvalue weighted by Crippen LogP contribution is 2.77. The Hall–Kier alpha value is 1.09. The topological polar surface area (TPSA) is 0 Å². The van der Waals surface area contributed by atoms with Crippen LogP contribution in [-0.2, 0) is 0 Å². The van der Waals surface area contributed by atoms with E-state index in [4.69, 9.17) is 33.2 Å². The average molecular weight is 298 g/mol. The van der Waals surface area contributed by atoms with Crippen molar-refractivity contribution in [3.05, 3.63) is 0 Å². The van der Waals surface area contributed by atoms with Gasteiger partial charge in [0.05, 0.1) is 0 Å². The third kappa shape index (κ3) is 1.35. The summed E-state index contributed by atoms with van der Waals surface area (Å²) in [5.74, 6) is 2.52.